The lowest BCUT2D eigenvalue weighted by Crippen LogP contribution is -2.59. The number of piperazine rings is 1. The Bertz CT molecular complexity index is 1580. The molecule has 43 heavy (non-hydrogen) atoms. The summed E-state index contributed by atoms with van der Waals surface area (Å²) < 4.78 is 7.30. The lowest BCUT2D eigenvalue weighted by atomic mass is 10.0. The molecule has 0 bridgehead atoms. The molecule has 3 aromatic rings. The van der Waals surface area contributed by atoms with Gasteiger partial charge in [0.25, 0.3) is 0 Å². The molecular weight excluding hydrogens is 566 g/mol. The largest absolute Gasteiger partial charge is 0.444 e. The first-order valence-corrected chi connectivity index (χ1v) is 15.7. The fourth-order valence-electron chi connectivity index (χ4n) is 6.13. The number of hydrogen-bond acceptors (Lipinski definition) is 8. The number of aryl methyl sites for hydroxylation is 1. The average Bonchev–Trinajstić information content (AvgIpc) is 2.93. The number of rotatable bonds is 4. The third kappa shape index (κ3) is 6.16. The molecule has 1 amide bonds. The summed E-state index contributed by atoms with van der Waals surface area (Å²) in [5, 5.41) is 1.22. The van der Waals surface area contributed by atoms with Crippen LogP contribution in [0, 0.1) is 6.92 Å². The Morgan fingerprint density at radius 3 is 2.40 bits per heavy atom. The van der Waals surface area contributed by atoms with Crippen molar-refractivity contribution in [1.29, 1.82) is 0 Å². The van der Waals surface area contributed by atoms with Crippen LogP contribution in [0.1, 0.15) is 84.9 Å². The van der Waals surface area contributed by atoms with E-state index in [0.29, 0.717) is 46.5 Å². The van der Waals surface area contributed by atoms with Gasteiger partial charge in [0.2, 0.25) is 0 Å². The van der Waals surface area contributed by atoms with Crippen LogP contribution in [-0.2, 0) is 4.74 Å². The maximum Gasteiger partial charge on any atom is 0.410 e. The van der Waals surface area contributed by atoms with Crippen molar-refractivity contribution in [3.63, 3.8) is 0 Å². The molecule has 2 fully saturated rings. The minimum Gasteiger partial charge on any atom is -0.444 e. The number of carbonyl (C=O) groups is 1. The Hall–Kier alpha value is -3.40. The van der Waals surface area contributed by atoms with Gasteiger partial charge in [0, 0.05) is 44.5 Å². The highest BCUT2D eigenvalue weighted by atomic mass is 35.5. The summed E-state index contributed by atoms with van der Waals surface area (Å²) in [7, 11) is 0. The van der Waals surface area contributed by atoms with Gasteiger partial charge in [-0.25, -0.2) is 19.1 Å². The second-order valence-electron chi connectivity index (χ2n) is 13.3. The number of ether oxygens (including phenoxy) is 1. The Morgan fingerprint density at radius 2 is 1.74 bits per heavy atom. The van der Waals surface area contributed by atoms with E-state index in [9.17, 15) is 9.59 Å². The molecule has 232 valence electrons. The first-order chi connectivity index (χ1) is 20.3. The van der Waals surface area contributed by atoms with Gasteiger partial charge < -0.3 is 19.4 Å². The predicted octanol–water partition coefficient (Wildman–Crippen LogP) is 6.09. The SMILES string of the molecule is Cc1ccnc(C(C)C)c1-n1c(=O)nc(N2C[C@@H](C)N(C(=O)OC(C)(C)C)C[C@@H]2C)c2cc(Cl)c(N3CCCCC3)nc21. The summed E-state index contributed by atoms with van der Waals surface area (Å²) in [5.41, 5.74) is 1.93. The second-order valence-corrected chi connectivity index (χ2v) is 13.7. The maximum atomic E-state index is 14.1. The first-order valence-electron chi connectivity index (χ1n) is 15.4. The Morgan fingerprint density at radius 1 is 1.05 bits per heavy atom. The van der Waals surface area contributed by atoms with Gasteiger partial charge >= 0.3 is 11.8 Å². The van der Waals surface area contributed by atoms with Crippen LogP contribution < -0.4 is 15.5 Å². The Balaban J connectivity index is 1.69. The topological polar surface area (TPSA) is 96.7 Å². The van der Waals surface area contributed by atoms with Gasteiger partial charge in [-0.05, 0) is 84.4 Å². The van der Waals surface area contributed by atoms with E-state index < -0.39 is 11.3 Å². The molecule has 0 unspecified atom stereocenters. The smallest absolute Gasteiger partial charge is 0.410 e. The van der Waals surface area contributed by atoms with Crippen molar-refractivity contribution in [2.75, 3.05) is 36.0 Å². The number of fused-ring (bicyclic) bond motifs is 1. The molecule has 0 aromatic carbocycles. The summed E-state index contributed by atoms with van der Waals surface area (Å²) in [6, 6.07) is 3.51. The monoisotopic (exact) mass is 609 g/mol. The van der Waals surface area contributed by atoms with Crippen LogP contribution in [0.25, 0.3) is 16.7 Å². The van der Waals surface area contributed by atoms with Crippen LogP contribution in [0.5, 0.6) is 0 Å². The van der Waals surface area contributed by atoms with E-state index in [2.05, 4.69) is 28.6 Å². The van der Waals surface area contributed by atoms with E-state index in [0.717, 1.165) is 37.2 Å². The standard InChI is InChI=1S/C32H44ClN7O3/c1-19(2)25-26(20(3)12-13-34-25)40-28-23(16-24(33)29(35-28)37-14-10-9-11-15-37)27(36-30(40)41)38-17-22(5)39(18-21(38)4)31(42)43-32(6,7)8/h12-13,16,19,21-22H,9-11,14-15,17-18H2,1-8H3/t21-,22+/m0/s1. The molecule has 2 aliphatic rings. The van der Waals surface area contributed by atoms with Crippen LogP contribution in [0.3, 0.4) is 0 Å². The number of carbonyl (C=O) groups excluding carboxylic acids is 1. The van der Waals surface area contributed by atoms with E-state index in [4.69, 9.17) is 26.3 Å². The van der Waals surface area contributed by atoms with Crippen LogP contribution in [0.15, 0.2) is 23.1 Å². The van der Waals surface area contributed by atoms with E-state index in [1.165, 1.54) is 6.42 Å². The van der Waals surface area contributed by atoms with Gasteiger partial charge in [0.05, 0.1) is 21.8 Å². The molecule has 3 aromatic heterocycles. The lowest BCUT2D eigenvalue weighted by molar-refractivity contribution is 0.0130. The van der Waals surface area contributed by atoms with Gasteiger partial charge in [-0.15, -0.1) is 0 Å². The third-order valence-electron chi connectivity index (χ3n) is 8.25. The molecular formula is C32H44ClN7O3. The van der Waals surface area contributed by atoms with Gasteiger partial charge in [0.1, 0.15) is 17.2 Å². The quantitative estimate of drug-likeness (QED) is 0.351. The van der Waals surface area contributed by atoms with Gasteiger partial charge in [0.15, 0.2) is 5.65 Å². The number of amides is 1. The molecule has 0 saturated carbocycles. The van der Waals surface area contributed by atoms with Crippen LogP contribution in [-0.4, -0.2) is 74.4 Å². The van der Waals surface area contributed by atoms with E-state index in [-0.39, 0.29) is 24.1 Å². The number of nitrogens with zero attached hydrogens (tertiary/aromatic N) is 7. The maximum absolute atomic E-state index is 14.1. The van der Waals surface area contributed by atoms with Crippen molar-refractivity contribution >= 4 is 40.4 Å². The summed E-state index contributed by atoms with van der Waals surface area (Å²) >= 11 is 6.97. The number of hydrogen-bond donors (Lipinski definition) is 0. The second kappa shape index (κ2) is 11.9. The van der Waals surface area contributed by atoms with Gasteiger partial charge in [-0.2, -0.15) is 4.98 Å². The summed E-state index contributed by atoms with van der Waals surface area (Å²) in [6.45, 7) is 18.4. The zero-order chi connectivity index (χ0) is 31.2. The highest BCUT2D eigenvalue weighted by Crippen LogP contribution is 2.36. The summed E-state index contributed by atoms with van der Waals surface area (Å²) in [6.07, 6.45) is 4.75. The number of pyridine rings is 2. The van der Waals surface area contributed by atoms with Crippen molar-refractivity contribution < 1.29 is 9.53 Å². The average molecular weight is 610 g/mol. The minimum atomic E-state index is -0.590. The molecule has 0 spiro atoms. The number of piperidine rings is 1. The number of aromatic nitrogens is 4. The Labute approximate surface area is 259 Å². The molecule has 10 nitrogen and oxygen atoms in total. The molecule has 2 saturated heterocycles. The minimum absolute atomic E-state index is 0.0761. The molecule has 5 rings (SSSR count). The van der Waals surface area contributed by atoms with Crippen molar-refractivity contribution in [2.45, 2.75) is 98.3 Å². The molecule has 2 aliphatic heterocycles. The fraction of sp³-hybridized carbons (Fsp3) is 0.594. The summed E-state index contributed by atoms with van der Waals surface area (Å²) in [5.74, 6) is 1.28. The third-order valence-corrected chi connectivity index (χ3v) is 8.53. The van der Waals surface area contributed by atoms with Crippen molar-refractivity contribution in [2.24, 2.45) is 0 Å². The van der Waals surface area contributed by atoms with Crippen LogP contribution in [0.2, 0.25) is 5.02 Å². The van der Waals surface area contributed by atoms with Crippen LogP contribution >= 0.6 is 11.6 Å². The highest BCUT2D eigenvalue weighted by molar-refractivity contribution is 6.33. The summed E-state index contributed by atoms with van der Waals surface area (Å²) in [4.78, 5) is 47.7. The molecule has 0 N–H and O–H groups in total. The lowest BCUT2D eigenvalue weighted by Gasteiger charge is -2.44. The fourth-order valence-corrected chi connectivity index (χ4v) is 6.40. The number of halogens is 1. The highest BCUT2D eigenvalue weighted by Gasteiger charge is 2.36. The van der Waals surface area contributed by atoms with Gasteiger partial charge in [-0.1, -0.05) is 25.4 Å². The van der Waals surface area contributed by atoms with Crippen LogP contribution in [0.4, 0.5) is 16.4 Å². The predicted molar refractivity (Wildman–Crippen MR) is 172 cm³/mol. The zero-order valence-electron chi connectivity index (χ0n) is 26.6. The van der Waals surface area contributed by atoms with E-state index >= 15 is 0 Å². The van der Waals surface area contributed by atoms with Crippen molar-refractivity contribution in [3.05, 3.63) is 45.1 Å². The van der Waals surface area contributed by atoms with E-state index in [1.807, 2.05) is 53.7 Å². The van der Waals surface area contributed by atoms with Crippen molar-refractivity contribution in [1.82, 2.24) is 24.4 Å². The Kier molecular flexibility index (Phi) is 8.62. The molecule has 0 radical (unpaired) electrons. The van der Waals surface area contributed by atoms with Gasteiger partial charge in [-0.3, -0.25) is 4.98 Å². The molecule has 0 aliphatic carbocycles. The molecule has 2 atom stereocenters. The number of anilines is 2. The molecule has 11 heteroatoms. The van der Waals surface area contributed by atoms with E-state index in [1.54, 1.807) is 15.7 Å². The molecule has 5 heterocycles. The zero-order valence-corrected chi connectivity index (χ0v) is 27.4. The van der Waals surface area contributed by atoms with Crippen molar-refractivity contribution in [3.8, 4) is 5.69 Å². The first kappa shape index (κ1) is 31.0. The normalized spacial score (nSPS) is 19.8.